The van der Waals surface area contributed by atoms with E-state index in [2.05, 4.69) is 0 Å². The van der Waals surface area contributed by atoms with Gasteiger partial charge in [-0.2, -0.15) is 0 Å². The molecule has 0 unspecified atom stereocenters. The minimum atomic E-state index is -0.704. The van der Waals surface area contributed by atoms with Gasteiger partial charge in [-0.15, -0.1) is 0 Å². The van der Waals surface area contributed by atoms with E-state index >= 15 is 0 Å². The topological polar surface area (TPSA) is 46.2 Å². The molecule has 0 spiro atoms. The van der Waals surface area contributed by atoms with Crippen molar-refractivity contribution in [2.75, 3.05) is 0 Å². The summed E-state index contributed by atoms with van der Waals surface area (Å²) in [6, 6.07) is 5.89. The average molecular weight is 225 g/mol. The van der Waals surface area contributed by atoms with Crippen molar-refractivity contribution in [1.29, 1.82) is 0 Å². The molecule has 1 aromatic carbocycles. The number of rotatable bonds is 3. The monoisotopic (exact) mass is 225 g/mol. The molecule has 3 N–H and O–H groups in total. The summed E-state index contributed by atoms with van der Waals surface area (Å²) >= 11 is 0. The Morgan fingerprint density at radius 1 is 1.38 bits per heavy atom. The van der Waals surface area contributed by atoms with Crippen LogP contribution in [-0.2, 0) is 0 Å². The Bertz CT molecular complexity index is 346. The van der Waals surface area contributed by atoms with Crippen LogP contribution in [0.5, 0.6) is 0 Å². The van der Waals surface area contributed by atoms with Gasteiger partial charge in [0.15, 0.2) is 0 Å². The van der Waals surface area contributed by atoms with Crippen LogP contribution in [0.25, 0.3) is 0 Å². The van der Waals surface area contributed by atoms with E-state index in [4.69, 9.17) is 5.73 Å². The molecule has 0 aliphatic rings. The first-order valence-corrected chi connectivity index (χ1v) is 5.50. The maximum atomic E-state index is 13.0. The Hall–Kier alpha value is -0.930. The van der Waals surface area contributed by atoms with Crippen LogP contribution in [0.3, 0.4) is 0 Å². The molecule has 2 atom stereocenters. The van der Waals surface area contributed by atoms with Gasteiger partial charge in [0.25, 0.3) is 0 Å². The molecule has 1 rings (SSSR count). The van der Waals surface area contributed by atoms with Crippen molar-refractivity contribution >= 4 is 0 Å². The summed E-state index contributed by atoms with van der Waals surface area (Å²) in [5.74, 6) is -0.333. The fourth-order valence-electron chi connectivity index (χ4n) is 1.44. The molecule has 0 aliphatic heterocycles. The van der Waals surface area contributed by atoms with E-state index in [0.717, 1.165) is 0 Å². The maximum Gasteiger partial charge on any atom is 0.123 e. The highest BCUT2D eigenvalue weighted by atomic mass is 19.1. The number of aliphatic hydroxyl groups is 1. The van der Waals surface area contributed by atoms with E-state index in [9.17, 15) is 9.50 Å². The first-order chi connectivity index (χ1) is 7.30. The van der Waals surface area contributed by atoms with Crippen LogP contribution in [0.1, 0.15) is 38.9 Å². The third-order valence-electron chi connectivity index (χ3n) is 2.82. The summed E-state index contributed by atoms with van der Waals surface area (Å²) in [6.07, 6.45) is -0.266. The minimum Gasteiger partial charge on any atom is -0.388 e. The summed E-state index contributed by atoms with van der Waals surface area (Å²) < 4.78 is 13.0. The zero-order chi connectivity index (χ0) is 12.3. The predicted molar refractivity (Wildman–Crippen MR) is 63.4 cm³/mol. The van der Waals surface area contributed by atoms with E-state index in [-0.39, 0.29) is 17.3 Å². The third-order valence-corrected chi connectivity index (χ3v) is 2.82. The van der Waals surface area contributed by atoms with Crippen LogP contribution >= 0.6 is 0 Å². The van der Waals surface area contributed by atoms with Gasteiger partial charge in [-0.25, -0.2) is 4.39 Å². The maximum absolute atomic E-state index is 13.0. The van der Waals surface area contributed by atoms with Gasteiger partial charge >= 0.3 is 0 Å². The van der Waals surface area contributed by atoms with Gasteiger partial charge in [0.2, 0.25) is 0 Å². The van der Waals surface area contributed by atoms with Crippen molar-refractivity contribution in [2.45, 2.75) is 39.3 Å². The van der Waals surface area contributed by atoms with Gasteiger partial charge in [0.05, 0.1) is 6.10 Å². The minimum absolute atomic E-state index is 0.0612. The quantitative estimate of drug-likeness (QED) is 0.830. The van der Waals surface area contributed by atoms with Crippen molar-refractivity contribution in [1.82, 2.24) is 0 Å². The van der Waals surface area contributed by atoms with E-state index in [0.29, 0.717) is 12.0 Å². The molecule has 0 amide bonds. The van der Waals surface area contributed by atoms with Gasteiger partial charge in [-0.05, 0) is 29.5 Å². The van der Waals surface area contributed by atoms with Gasteiger partial charge < -0.3 is 10.8 Å². The van der Waals surface area contributed by atoms with Crippen molar-refractivity contribution in [2.24, 2.45) is 11.1 Å². The van der Waals surface area contributed by atoms with E-state index in [1.165, 1.54) is 12.1 Å². The molecule has 0 radical (unpaired) electrons. The molecule has 16 heavy (non-hydrogen) atoms. The van der Waals surface area contributed by atoms with Gasteiger partial charge in [-0.3, -0.25) is 0 Å². The highest BCUT2D eigenvalue weighted by Gasteiger charge is 2.23. The lowest BCUT2D eigenvalue weighted by molar-refractivity contribution is 0.133. The van der Waals surface area contributed by atoms with Crippen LogP contribution in [0.4, 0.5) is 4.39 Å². The molecule has 0 bridgehead atoms. The van der Waals surface area contributed by atoms with Crippen LogP contribution in [0.15, 0.2) is 24.3 Å². The van der Waals surface area contributed by atoms with Crippen LogP contribution in [0, 0.1) is 11.2 Å². The summed E-state index contributed by atoms with van der Waals surface area (Å²) in [7, 11) is 0. The lowest BCUT2D eigenvalue weighted by atomic mass is 9.83. The van der Waals surface area contributed by atoms with Crippen LogP contribution in [-0.4, -0.2) is 11.1 Å². The van der Waals surface area contributed by atoms with Gasteiger partial charge in [0.1, 0.15) is 5.82 Å². The number of benzene rings is 1. The number of halogens is 1. The summed E-state index contributed by atoms with van der Waals surface area (Å²) in [6.45, 7) is 6.07. The highest BCUT2D eigenvalue weighted by molar-refractivity contribution is 5.19. The molecule has 3 heteroatoms. The molecule has 0 saturated heterocycles. The smallest absolute Gasteiger partial charge is 0.123 e. The Kier molecular flexibility index (Phi) is 4.05. The van der Waals surface area contributed by atoms with Crippen molar-refractivity contribution in [3.05, 3.63) is 35.6 Å². The van der Waals surface area contributed by atoms with Crippen LogP contribution in [0.2, 0.25) is 0 Å². The SMILES string of the molecule is CC(C)(C)[C@@H](N)C[C@H](O)c1cccc(F)c1. The zero-order valence-electron chi connectivity index (χ0n) is 10.1. The second kappa shape index (κ2) is 4.93. The Morgan fingerprint density at radius 2 is 2.00 bits per heavy atom. The van der Waals surface area contributed by atoms with Crippen molar-refractivity contribution < 1.29 is 9.50 Å². The molecule has 0 aromatic heterocycles. The highest BCUT2D eigenvalue weighted by Crippen LogP contribution is 2.26. The molecule has 0 heterocycles. The fourth-order valence-corrected chi connectivity index (χ4v) is 1.44. The van der Waals surface area contributed by atoms with E-state index < -0.39 is 6.10 Å². The first-order valence-electron chi connectivity index (χ1n) is 5.50. The van der Waals surface area contributed by atoms with Crippen molar-refractivity contribution in [3.8, 4) is 0 Å². The zero-order valence-corrected chi connectivity index (χ0v) is 10.1. The second-order valence-corrected chi connectivity index (χ2v) is 5.28. The van der Waals surface area contributed by atoms with Crippen molar-refractivity contribution in [3.63, 3.8) is 0 Å². The van der Waals surface area contributed by atoms with Gasteiger partial charge in [0, 0.05) is 6.04 Å². The van der Waals surface area contributed by atoms with Crippen LogP contribution < -0.4 is 5.73 Å². The average Bonchev–Trinajstić information content (AvgIpc) is 2.16. The first kappa shape index (κ1) is 13.1. The molecule has 0 fully saturated rings. The molecule has 2 nitrogen and oxygen atoms in total. The summed E-state index contributed by atoms with van der Waals surface area (Å²) in [4.78, 5) is 0. The number of hydrogen-bond donors (Lipinski definition) is 2. The Balaban J connectivity index is 2.69. The fraction of sp³-hybridized carbons (Fsp3) is 0.538. The molecular formula is C13H20FNO. The van der Waals surface area contributed by atoms with E-state index in [1.54, 1.807) is 12.1 Å². The number of nitrogens with two attached hydrogens (primary N) is 1. The standard InChI is InChI=1S/C13H20FNO/c1-13(2,3)12(15)8-11(16)9-5-4-6-10(14)7-9/h4-7,11-12,16H,8,15H2,1-3H3/t11-,12-/m0/s1. The van der Waals surface area contributed by atoms with Gasteiger partial charge in [-0.1, -0.05) is 32.9 Å². The third kappa shape index (κ3) is 3.58. The number of hydrogen-bond acceptors (Lipinski definition) is 2. The molecule has 0 aliphatic carbocycles. The predicted octanol–water partition coefficient (Wildman–Crippen LogP) is 2.62. The summed E-state index contributed by atoms with van der Waals surface area (Å²) in [5.41, 5.74) is 6.50. The van der Waals surface area contributed by atoms with E-state index in [1.807, 2.05) is 20.8 Å². The summed E-state index contributed by atoms with van der Waals surface area (Å²) in [5, 5.41) is 9.93. The lowest BCUT2D eigenvalue weighted by Crippen LogP contribution is -2.36. The largest absolute Gasteiger partial charge is 0.388 e. The number of aliphatic hydroxyl groups excluding tert-OH is 1. The molecular weight excluding hydrogens is 205 g/mol. The Labute approximate surface area is 96.3 Å². The molecule has 90 valence electrons. The molecule has 1 aromatic rings. The lowest BCUT2D eigenvalue weighted by Gasteiger charge is -2.29. The molecule has 0 saturated carbocycles. The second-order valence-electron chi connectivity index (χ2n) is 5.28. The Morgan fingerprint density at radius 3 is 2.50 bits per heavy atom. The normalized spacial score (nSPS) is 15.9.